The van der Waals surface area contributed by atoms with Crippen LogP contribution in [0.4, 0.5) is 0 Å². The van der Waals surface area contributed by atoms with Gasteiger partial charge in [0.2, 0.25) is 0 Å². The summed E-state index contributed by atoms with van der Waals surface area (Å²) in [6.07, 6.45) is 0.165. The second-order valence-electron chi connectivity index (χ2n) is 2.44. The van der Waals surface area contributed by atoms with Crippen molar-refractivity contribution < 1.29 is 9.90 Å². The first-order valence-electron chi connectivity index (χ1n) is 3.18. The zero-order chi connectivity index (χ0) is 8.15. The molecule has 1 unspecified atom stereocenters. The van der Waals surface area contributed by atoms with Crippen molar-refractivity contribution in [2.24, 2.45) is 0 Å². The van der Waals surface area contributed by atoms with E-state index in [1.54, 1.807) is 0 Å². The molecule has 0 radical (unpaired) electrons. The molecule has 0 saturated heterocycles. The van der Waals surface area contributed by atoms with Crippen molar-refractivity contribution >= 4 is 22.0 Å². The summed E-state index contributed by atoms with van der Waals surface area (Å²) in [6.45, 7) is 3.98. The summed E-state index contributed by atoms with van der Waals surface area (Å²) >= 11 is 2.31. The number of carboxylic acids is 1. The molecule has 0 saturated carbocycles. The molecule has 0 heterocycles. The Morgan fingerprint density at radius 2 is 2.20 bits per heavy atom. The Morgan fingerprint density at radius 1 is 1.70 bits per heavy atom. The van der Waals surface area contributed by atoms with Crippen LogP contribution in [-0.2, 0) is 4.79 Å². The van der Waals surface area contributed by atoms with Crippen LogP contribution in [0.5, 0.6) is 0 Å². The van der Waals surface area contributed by atoms with Gasteiger partial charge in [0, 0.05) is 0 Å². The average Bonchev–Trinajstić information content (AvgIpc) is 1.58. The van der Waals surface area contributed by atoms with Crippen LogP contribution in [0.3, 0.4) is 0 Å². The van der Waals surface area contributed by atoms with Crippen molar-refractivity contribution in [3.05, 3.63) is 0 Å². The molecule has 0 aliphatic heterocycles. The molecule has 0 aromatic carbocycles. The standard InChI is InChI=1S/C6H13NO2Se/c1-4(2)7-5(10)3-6(8)9/h4-5,7,10H,3H2,1-2H3,(H,8,9). The van der Waals surface area contributed by atoms with Gasteiger partial charge < -0.3 is 0 Å². The molecule has 0 rings (SSSR count). The van der Waals surface area contributed by atoms with Crippen LogP contribution in [0.15, 0.2) is 0 Å². The van der Waals surface area contributed by atoms with E-state index in [0.29, 0.717) is 6.04 Å². The molecule has 1 atom stereocenters. The maximum absolute atomic E-state index is 10.1. The van der Waals surface area contributed by atoms with Gasteiger partial charge in [-0.2, -0.15) is 0 Å². The van der Waals surface area contributed by atoms with E-state index in [-0.39, 0.29) is 11.4 Å². The second-order valence-corrected chi connectivity index (χ2v) is 3.74. The SMILES string of the molecule is CC(C)NC([SeH])CC(=O)O. The van der Waals surface area contributed by atoms with Crippen LogP contribution in [-0.4, -0.2) is 38.1 Å². The Kier molecular flexibility index (Phi) is 4.69. The van der Waals surface area contributed by atoms with Crippen LogP contribution in [0, 0.1) is 0 Å². The summed E-state index contributed by atoms with van der Waals surface area (Å²) in [5.74, 6) is -0.765. The van der Waals surface area contributed by atoms with Gasteiger partial charge in [-0.15, -0.1) is 0 Å². The second kappa shape index (κ2) is 4.72. The minimum atomic E-state index is -0.765. The Labute approximate surface area is 69.0 Å². The topological polar surface area (TPSA) is 49.3 Å². The van der Waals surface area contributed by atoms with Crippen LogP contribution in [0.2, 0.25) is 0 Å². The van der Waals surface area contributed by atoms with Gasteiger partial charge in [0.15, 0.2) is 0 Å². The first-order chi connectivity index (χ1) is 4.52. The molecule has 3 nitrogen and oxygen atoms in total. The van der Waals surface area contributed by atoms with Gasteiger partial charge in [-0.05, 0) is 0 Å². The molecule has 0 fully saturated rings. The summed E-state index contributed by atoms with van der Waals surface area (Å²) in [4.78, 5) is 10.1. The fourth-order valence-electron chi connectivity index (χ4n) is 0.609. The summed E-state index contributed by atoms with van der Waals surface area (Å²) < 4.78 is 0. The quantitative estimate of drug-likeness (QED) is 0.625. The van der Waals surface area contributed by atoms with Gasteiger partial charge in [0.05, 0.1) is 0 Å². The van der Waals surface area contributed by atoms with E-state index in [1.165, 1.54) is 0 Å². The normalized spacial score (nSPS) is 13.6. The third-order valence-corrected chi connectivity index (χ3v) is 1.59. The van der Waals surface area contributed by atoms with Crippen molar-refractivity contribution in [3.8, 4) is 0 Å². The number of hydrogen-bond acceptors (Lipinski definition) is 2. The van der Waals surface area contributed by atoms with E-state index in [2.05, 4.69) is 21.3 Å². The molecule has 0 aromatic heterocycles. The van der Waals surface area contributed by atoms with Gasteiger partial charge in [0.1, 0.15) is 0 Å². The molecule has 0 amide bonds. The van der Waals surface area contributed by atoms with Crippen molar-refractivity contribution in [1.29, 1.82) is 0 Å². The van der Waals surface area contributed by atoms with Gasteiger partial charge in [-0.3, -0.25) is 0 Å². The van der Waals surface area contributed by atoms with Crippen molar-refractivity contribution in [2.45, 2.75) is 31.3 Å². The molecule has 0 bridgehead atoms. The first kappa shape index (κ1) is 9.95. The summed E-state index contributed by atoms with van der Waals surface area (Å²) in [7, 11) is 0. The molecular formula is C6H13NO2Se. The molecule has 4 heteroatoms. The van der Waals surface area contributed by atoms with E-state index in [9.17, 15) is 4.79 Å². The predicted molar refractivity (Wildman–Crippen MR) is 41.5 cm³/mol. The predicted octanol–water partition coefficient (Wildman–Crippen LogP) is -0.314. The Balaban J connectivity index is 3.43. The fraction of sp³-hybridized carbons (Fsp3) is 0.833. The molecule has 10 heavy (non-hydrogen) atoms. The van der Waals surface area contributed by atoms with Gasteiger partial charge in [-0.1, -0.05) is 0 Å². The monoisotopic (exact) mass is 211 g/mol. The summed E-state index contributed by atoms with van der Waals surface area (Å²) in [6, 6.07) is 0.340. The van der Waals surface area contributed by atoms with Gasteiger partial charge >= 0.3 is 68.5 Å². The number of carbonyl (C=O) groups is 1. The maximum atomic E-state index is 10.1. The zero-order valence-electron chi connectivity index (χ0n) is 6.16. The number of aliphatic carboxylic acids is 1. The summed E-state index contributed by atoms with van der Waals surface area (Å²) in [5.41, 5.74) is 0. The first-order valence-corrected chi connectivity index (χ1v) is 4.26. The average molecular weight is 210 g/mol. The van der Waals surface area contributed by atoms with E-state index < -0.39 is 5.97 Å². The van der Waals surface area contributed by atoms with Crippen molar-refractivity contribution in [1.82, 2.24) is 5.32 Å². The van der Waals surface area contributed by atoms with Crippen LogP contribution >= 0.6 is 0 Å². The number of carboxylic acid groups (broad SMARTS) is 1. The van der Waals surface area contributed by atoms with E-state index in [0.717, 1.165) is 0 Å². The number of hydrogen-bond donors (Lipinski definition) is 2. The molecule has 2 N–H and O–H groups in total. The molecule has 0 aliphatic carbocycles. The Hall–Kier alpha value is -0.0505. The molecular weight excluding hydrogens is 197 g/mol. The number of nitrogens with one attached hydrogen (secondary N) is 1. The van der Waals surface area contributed by atoms with Crippen LogP contribution in [0.25, 0.3) is 0 Å². The zero-order valence-corrected chi connectivity index (χ0v) is 8.04. The third-order valence-electron chi connectivity index (χ3n) is 0.894. The molecule has 60 valence electrons. The van der Waals surface area contributed by atoms with Crippen LogP contribution in [0.1, 0.15) is 20.3 Å². The van der Waals surface area contributed by atoms with Gasteiger partial charge in [0.25, 0.3) is 0 Å². The number of rotatable bonds is 4. The molecule has 0 aromatic rings. The molecule has 0 spiro atoms. The fourth-order valence-corrected chi connectivity index (χ4v) is 1.56. The third kappa shape index (κ3) is 6.08. The van der Waals surface area contributed by atoms with E-state index >= 15 is 0 Å². The van der Waals surface area contributed by atoms with Crippen molar-refractivity contribution in [2.75, 3.05) is 0 Å². The van der Waals surface area contributed by atoms with Crippen molar-refractivity contribution in [3.63, 3.8) is 0 Å². The van der Waals surface area contributed by atoms with E-state index in [1.807, 2.05) is 13.8 Å². The van der Waals surface area contributed by atoms with Crippen LogP contribution < -0.4 is 5.32 Å². The van der Waals surface area contributed by atoms with E-state index in [4.69, 9.17) is 5.11 Å². The summed E-state index contributed by atoms with van der Waals surface area (Å²) in [5, 5.41) is 11.4. The molecule has 0 aliphatic rings. The van der Waals surface area contributed by atoms with Gasteiger partial charge in [-0.25, -0.2) is 0 Å². The minimum absolute atomic E-state index is 0.00463. The Bertz CT molecular complexity index is 116. The Morgan fingerprint density at radius 3 is 2.50 bits per heavy atom.